The third-order valence-electron chi connectivity index (χ3n) is 4.57. The van der Waals surface area contributed by atoms with Crippen LogP contribution in [0.1, 0.15) is 35.2 Å². The number of carbonyl (C=O) groups excluding carboxylic acids is 1. The van der Waals surface area contributed by atoms with Crippen LogP contribution in [0.5, 0.6) is 5.75 Å². The van der Waals surface area contributed by atoms with Crippen LogP contribution in [0.25, 0.3) is 0 Å². The maximum atomic E-state index is 12.7. The van der Waals surface area contributed by atoms with Gasteiger partial charge in [0.05, 0.1) is 0 Å². The van der Waals surface area contributed by atoms with Crippen LogP contribution in [-0.4, -0.2) is 40.0 Å². The first-order chi connectivity index (χ1) is 12.6. The second-order valence-corrected chi connectivity index (χ2v) is 6.51. The molecule has 0 saturated carbocycles. The van der Waals surface area contributed by atoms with E-state index < -0.39 is 5.97 Å². The Hall–Kier alpha value is -2.89. The van der Waals surface area contributed by atoms with Crippen molar-refractivity contribution in [3.8, 4) is 5.75 Å². The van der Waals surface area contributed by atoms with Crippen LogP contribution < -0.4 is 4.74 Å². The highest BCUT2D eigenvalue weighted by Gasteiger charge is 2.25. The number of pyridine rings is 1. The van der Waals surface area contributed by atoms with Gasteiger partial charge >= 0.3 is 5.97 Å². The molecule has 0 atom stereocenters. The number of amides is 1. The van der Waals surface area contributed by atoms with Gasteiger partial charge < -0.3 is 14.7 Å². The molecule has 26 heavy (non-hydrogen) atoms. The predicted octanol–water partition coefficient (Wildman–Crippen LogP) is 2.99. The van der Waals surface area contributed by atoms with E-state index in [9.17, 15) is 9.59 Å². The van der Waals surface area contributed by atoms with E-state index in [1.54, 1.807) is 29.4 Å². The minimum atomic E-state index is -0.770. The summed E-state index contributed by atoms with van der Waals surface area (Å²) in [5, 5.41) is 8.88. The molecule has 6 nitrogen and oxygen atoms in total. The Morgan fingerprint density at radius 1 is 1.19 bits per heavy atom. The highest BCUT2D eigenvalue weighted by Crippen LogP contribution is 2.23. The van der Waals surface area contributed by atoms with Gasteiger partial charge in [-0.05, 0) is 43.0 Å². The van der Waals surface area contributed by atoms with Crippen molar-refractivity contribution >= 4 is 11.9 Å². The van der Waals surface area contributed by atoms with Gasteiger partial charge in [0.1, 0.15) is 12.4 Å². The minimum Gasteiger partial charge on any atom is -0.489 e. The number of likely N-dealkylation sites (tertiary alicyclic amines) is 1. The zero-order valence-electron chi connectivity index (χ0n) is 14.5. The fraction of sp³-hybridized carbons (Fsp3) is 0.350. The van der Waals surface area contributed by atoms with Crippen LogP contribution in [0, 0.1) is 5.92 Å². The van der Waals surface area contributed by atoms with Gasteiger partial charge in [0.2, 0.25) is 0 Å². The summed E-state index contributed by atoms with van der Waals surface area (Å²) < 4.78 is 5.76. The summed E-state index contributed by atoms with van der Waals surface area (Å²) in [5.41, 5.74) is 1.55. The molecule has 2 aromatic rings. The number of aliphatic carboxylic acids is 1. The molecule has 136 valence electrons. The molecule has 1 fully saturated rings. The standard InChI is InChI=1S/C20H22N2O4/c23-19(24)11-15-6-9-22(10-7-15)20(25)17-4-1-5-18(12-17)26-14-16-3-2-8-21-13-16/h1-5,8,12-13,15H,6-7,9-11,14H2,(H,23,24). The summed E-state index contributed by atoms with van der Waals surface area (Å²) in [4.78, 5) is 29.3. The summed E-state index contributed by atoms with van der Waals surface area (Å²) in [7, 11) is 0. The molecule has 0 radical (unpaired) electrons. The fourth-order valence-electron chi connectivity index (χ4n) is 3.14. The van der Waals surface area contributed by atoms with Crippen molar-refractivity contribution in [2.75, 3.05) is 13.1 Å². The Morgan fingerprint density at radius 3 is 2.69 bits per heavy atom. The lowest BCUT2D eigenvalue weighted by Gasteiger charge is -2.31. The number of carboxylic acid groups (broad SMARTS) is 1. The van der Waals surface area contributed by atoms with Crippen molar-refractivity contribution in [3.05, 3.63) is 59.9 Å². The molecule has 2 heterocycles. The first-order valence-electron chi connectivity index (χ1n) is 8.74. The summed E-state index contributed by atoms with van der Waals surface area (Å²) >= 11 is 0. The molecular formula is C20H22N2O4. The second kappa shape index (κ2) is 8.47. The molecule has 1 aliphatic rings. The molecular weight excluding hydrogens is 332 g/mol. The molecule has 1 aliphatic heterocycles. The van der Waals surface area contributed by atoms with Crippen LogP contribution >= 0.6 is 0 Å². The Labute approximate surface area is 152 Å². The third kappa shape index (κ3) is 4.81. The average molecular weight is 354 g/mol. The summed E-state index contributed by atoms with van der Waals surface area (Å²) in [6.45, 7) is 1.58. The highest BCUT2D eigenvalue weighted by atomic mass is 16.5. The van der Waals surface area contributed by atoms with Gasteiger partial charge in [-0.25, -0.2) is 0 Å². The van der Waals surface area contributed by atoms with Crippen molar-refractivity contribution in [3.63, 3.8) is 0 Å². The van der Waals surface area contributed by atoms with Gasteiger partial charge in [-0.2, -0.15) is 0 Å². The molecule has 1 amide bonds. The number of hydrogen-bond acceptors (Lipinski definition) is 4. The quantitative estimate of drug-likeness (QED) is 0.863. The zero-order valence-corrected chi connectivity index (χ0v) is 14.5. The van der Waals surface area contributed by atoms with Crippen LogP contribution in [0.3, 0.4) is 0 Å². The molecule has 0 unspecified atom stereocenters. The van der Waals surface area contributed by atoms with Gasteiger partial charge in [0.25, 0.3) is 5.91 Å². The number of carbonyl (C=O) groups is 2. The van der Waals surface area contributed by atoms with E-state index in [0.29, 0.717) is 31.0 Å². The number of piperidine rings is 1. The Kier molecular flexibility index (Phi) is 5.84. The molecule has 3 rings (SSSR count). The number of hydrogen-bond donors (Lipinski definition) is 1. The molecule has 1 aromatic carbocycles. The molecule has 1 saturated heterocycles. The molecule has 0 aliphatic carbocycles. The Morgan fingerprint density at radius 2 is 2.00 bits per heavy atom. The Bertz CT molecular complexity index is 755. The minimum absolute atomic E-state index is 0.0365. The first-order valence-corrected chi connectivity index (χ1v) is 8.74. The molecule has 1 N–H and O–H groups in total. The number of ether oxygens (including phenoxy) is 1. The van der Waals surface area contributed by atoms with Crippen molar-refractivity contribution < 1.29 is 19.4 Å². The van der Waals surface area contributed by atoms with E-state index in [2.05, 4.69) is 4.98 Å². The molecule has 0 bridgehead atoms. The predicted molar refractivity (Wildman–Crippen MR) is 95.9 cm³/mol. The van der Waals surface area contributed by atoms with E-state index in [4.69, 9.17) is 9.84 Å². The van der Waals surface area contributed by atoms with E-state index in [-0.39, 0.29) is 18.2 Å². The van der Waals surface area contributed by atoms with Crippen molar-refractivity contribution in [2.24, 2.45) is 5.92 Å². The number of carboxylic acids is 1. The van der Waals surface area contributed by atoms with E-state index in [1.165, 1.54) is 0 Å². The fourth-order valence-corrected chi connectivity index (χ4v) is 3.14. The number of nitrogens with zero attached hydrogens (tertiary/aromatic N) is 2. The van der Waals surface area contributed by atoms with Crippen LogP contribution in [-0.2, 0) is 11.4 Å². The average Bonchev–Trinajstić information content (AvgIpc) is 2.67. The highest BCUT2D eigenvalue weighted by molar-refractivity contribution is 5.94. The third-order valence-corrected chi connectivity index (χ3v) is 4.57. The van der Waals surface area contributed by atoms with Crippen molar-refractivity contribution in [2.45, 2.75) is 25.9 Å². The smallest absolute Gasteiger partial charge is 0.303 e. The number of rotatable bonds is 6. The van der Waals surface area contributed by atoms with Gasteiger partial charge in [0.15, 0.2) is 0 Å². The topological polar surface area (TPSA) is 79.7 Å². The summed E-state index contributed by atoms with van der Waals surface area (Å²) in [6.07, 6.45) is 5.10. The number of benzene rings is 1. The largest absolute Gasteiger partial charge is 0.489 e. The second-order valence-electron chi connectivity index (χ2n) is 6.51. The van der Waals surface area contributed by atoms with Crippen LogP contribution in [0.2, 0.25) is 0 Å². The van der Waals surface area contributed by atoms with Crippen LogP contribution in [0.15, 0.2) is 48.8 Å². The lowest BCUT2D eigenvalue weighted by atomic mass is 9.93. The SMILES string of the molecule is O=C(O)CC1CCN(C(=O)c2cccc(OCc3cccnc3)c2)CC1. The van der Waals surface area contributed by atoms with Gasteiger partial charge in [-0.3, -0.25) is 14.6 Å². The Balaban J connectivity index is 1.57. The molecule has 1 aromatic heterocycles. The zero-order chi connectivity index (χ0) is 18.4. The van der Waals surface area contributed by atoms with E-state index in [1.807, 2.05) is 24.3 Å². The first kappa shape index (κ1) is 17.9. The lowest BCUT2D eigenvalue weighted by Crippen LogP contribution is -2.38. The summed E-state index contributed by atoms with van der Waals surface area (Å²) in [5.74, 6) is -0.00925. The van der Waals surface area contributed by atoms with Gasteiger partial charge in [-0.15, -0.1) is 0 Å². The maximum absolute atomic E-state index is 12.7. The van der Waals surface area contributed by atoms with E-state index in [0.717, 1.165) is 18.4 Å². The number of aromatic nitrogens is 1. The lowest BCUT2D eigenvalue weighted by molar-refractivity contribution is -0.138. The molecule has 0 spiro atoms. The van der Waals surface area contributed by atoms with Gasteiger partial charge in [-0.1, -0.05) is 12.1 Å². The van der Waals surface area contributed by atoms with Crippen LogP contribution in [0.4, 0.5) is 0 Å². The summed E-state index contributed by atoms with van der Waals surface area (Å²) in [6, 6.07) is 11.0. The van der Waals surface area contributed by atoms with Crippen molar-refractivity contribution in [1.82, 2.24) is 9.88 Å². The van der Waals surface area contributed by atoms with Gasteiger partial charge in [0, 0.05) is 43.0 Å². The van der Waals surface area contributed by atoms with E-state index >= 15 is 0 Å². The maximum Gasteiger partial charge on any atom is 0.303 e. The van der Waals surface area contributed by atoms with Crippen molar-refractivity contribution in [1.29, 1.82) is 0 Å². The normalized spacial score (nSPS) is 14.8. The molecule has 6 heteroatoms. The monoisotopic (exact) mass is 354 g/mol.